The van der Waals surface area contributed by atoms with E-state index in [1.807, 2.05) is 44.2 Å². The van der Waals surface area contributed by atoms with E-state index in [0.717, 1.165) is 27.6 Å². The highest BCUT2D eigenvalue weighted by Gasteiger charge is 2.18. The van der Waals surface area contributed by atoms with Gasteiger partial charge in [-0.1, -0.05) is 18.2 Å². The number of rotatable bonds is 3. The van der Waals surface area contributed by atoms with Gasteiger partial charge in [-0.3, -0.25) is 9.36 Å². The summed E-state index contributed by atoms with van der Waals surface area (Å²) in [5.41, 5.74) is 3.24. The van der Waals surface area contributed by atoms with Crippen molar-refractivity contribution in [2.24, 2.45) is 0 Å². The zero-order chi connectivity index (χ0) is 20.0. The third-order valence-electron chi connectivity index (χ3n) is 5.13. The number of phenolic OH excluding ortho intramolecular Hbond substituents is 1. The zero-order valence-electron chi connectivity index (χ0n) is 16.2. The van der Waals surface area contributed by atoms with Crippen LogP contribution in [0, 0.1) is 13.8 Å². The lowest BCUT2D eigenvalue weighted by Crippen LogP contribution is -2.21. The average Bonchev–Trinajstić information content (AvgIpc) is 2.69. The van der Waals surface area contributed by atoms with Gasteiger partial charge < -0.3 is 14.6 Å². The maximum Gasteiger partial charge on any atom is 0.263 e. The quantitative estimate of drug-likeness (QED) is 0.536. The number of benzene rings is 3. The molecular formula is C23H21NO4. The molecule has 0 saturated heterocycles. The van der Waals surface area contributed by atoms with Gasteiger partial charge in [-0.05, 0) is 49.2 Å². The van der Waals surface area contributed by atoms with Gasteiger partial charge in [0.1, 0.15) is 5.75 Å². The Bertz CT molecular complexity index is 1270. The van der Waals surface area contributed by atoms with Crippen LogP contribution in [-0.4, -0.2) is 23.9 Å². The van der Waals surface area contributed by atoms with E-state index in [9.17, 15) is 9.90 Å². The molecular weight excluding hydrogens is 354 g/mol. The number of aryl methyl sites for hydroxylation is 2. The predicted molar refractivity (Wildman–Crippen MR) is 111 cm³/mol. The standard InChI is InChI=1S/C23H21NO4/c1-13-6-5-7-14(2)22(13)24-19-10-15(25)8-9-16(19)17-11-20(27-3)21(28-4)12-18(17)23(24)26/h5-12,25H,1-4H3. The van der Waals surface area contributed by atoms with Gasteiger partial charge >= 0.3 is 0 Å². The Morgan fingerprint density at radius 2 is 1.43 bits per heavy atom. The minimum atomic E-state index is -0.175. The fourth-order valence-electron chi connectivity index (χ4n) is 3.82. The van der Waals surface area contributed by atoms with E-state index in [4.69, 9.17) is 9.47 Å². The molecule has 4 aromatic rings. The van der Waals surface area contributed by atoms with Crippen molar-refractivity contribution in [2.75, 3.05) is 14.2 Å². The summed E-state index contributed by atoms with van der Waals surface area (Å²) >= 11 is 0. The number of aromatic hydroxyl groups is 1. The van der Waals surface area contributed by atoms with Crippen molar-refractivity contribution in [3.63, 3.8) is 0 Å². The van der Waals surface area contributed by atoms with E-state index in [2.05, 4.69) is 0 Å². The molecule has 0 radical (unpaired) electrons. The Morgan fingerprint density at radius 3 is 2.04 bits per heavy atom. The van der Waals surface area contributed by atoms with Crippen LogP contribution in [-0.2, 0) is 0 Å². The molecule has 28 heavy (non-hydrogen) atoms. The van der Waals surface area contributed by atoms with Crippen LogP contribution in [0.1, 0.15) is 11.1 Å². The van der Waals surface area contributed by atoms with Gasteiger partial charge in [-0.25, -0.2) is 0 Å². The number of hydrogen-bond acceptors (Lipinski definition) is 4. The number of nitrogens with zero attached hydrogens (tertiary/aromatic N) is 1. The van der Waals surface area contributed by atoms with Crippen molar-refractivity contribution in [3.05, 3.63) is 70.0 Å². The van der Waals surface area contributed by atoms with Crippen LogP contribution in [0.5, 0.6) is 17.2 Å². The molecule has 5 heteroatoms. The second-order valence-electron chi connectivity index (χ2n) is 6.84. The highest BCUT2D eigenvalue weighted by Crippen LogP contribution is 2.36. The first kappa shape index (κ1) is 17.9. The van der Waals surface area contributed by atoms with Crippen LogP contribution in [0.3, 0.4) is 0 Å². The molecule has 0 bridgehead atoms. The summed E-state index contributed by atoms with van der Waals surface area (Å²) in [5.74, 6) is 1.15. The Kier molecular flexibility index (Phi) is 4.23. The molecule has 1 N–H and O–H groups in total. The van der Waals surface area contributed by atoms with Crippen molar-refractivity contribution in [1.29, 1.82) is 0 Å². The number of ether oxygens (including phenoxy) is 2. The second-order valence-corrected chi connectivity index (χ2v) is 6.84. The van der Waals surface area contributed by atoms with Crippen molar-refractivity contribution < 1.29 is 14.6 Å². The Morgan fingerprint density at radius 1 is 0.821 bits per heavy atom. The van der Waals surface area contributed by atoms with E-state index < -0.39 is 0 Å². The molecule has 1 heterocycles. The van der Waals surface area contributed by atoms with Gasteiger partial charge in [0.25, 0.3) is 5.56 Å². The molecule has 0 aliphatic rings. The fourth-order valence-corrected chi connectivity index (χ4v) is 3.82. The molecule has 4 rings (SSSR count). The van der Waals surface area contributed by atoms with Crippen LogP contribution in [0.4, 0.5) is 0 Å². The summed E-state index contributed by atoms with van der Waals surface area (Å²) in [5, 5.41) is 12.2. The molecule has 3 aromatic carbocycles. The molecule has 0 aliphatic carbocycles. The van der Waals surface area contributed by atoms with Crippen molar-refractivity contribution in [3.8, 4) is 22.9 Å². The van der Waals surface area contributed by atoms with Crippen LogP contribution in [0.15, 0.2) is 53.3 Å². The fraction of sp³-hybridized carbons (Fsp3) is 0.174. The molecule has 0 amide bonds. The van der Waals surface area contributed by atoms with Crippen LogP contribution in [0.25, 0.3) is 27.4 Å². The van der Waals surface area contributed by atoms with Gasteiger partial charge in [0.05, 0.1) is 30.8 Å². The number of methoxy groups -OCH3 is 2. The summed E-state index contributed by atoms with van der Waals surface area (Å²) < 4.78 is 12.5. The van der Waals surface area contributed by atoms with E-state index in [0.29, 0.717) is 22.4 Å². The summed E-state index contributed by atoms with van der Waals surface area (Å²) in [6.07, 6.45) is 0. The van der Waals surface area contributed by atoms with Crippen molar-refractivity contribution >= 4 is 21.7 Å². The molecule has 0 saturated carbocycles. The highest BCUT2D eigenvalue weighted by molar-refractivity contribution is 6.07. The molecule has 142 valence electrons. The first-order valence-corrected chi connectivity index (χ1v) is 8.96. The Labute approximate surface area is 162 Å². The second kappa shape index (κ2) is 6.60. The SMILES string of the molecule is COc1cc2c(=O)n(-c3c(C)cccc3C)c3cc(O)ccc3c2cc1OC. The lowest BCUT2D eigenvalue weighted by molar-refractivity contribution is 0.356. The predicted octanol–water partition coefficient (Wildman–Crippen LogP) is 4.48. The number of fused-ring (bicyclic) bond motifs is 3. The van der Waals surface area contributed by atoms with Gasteiger partial charge in [0, 0.05) is 16.8 Å². The number of aromatic nitrogens is 1. The summed E-state index contributed by atoms with van der Waals surface area (Å²) in [6, 6.07) is 14.5. The van der Waals surface area contributed by atoms with Gasteiger partial charge in [0.15, 0.2) is 11.5 Å². The maximum atomic E-state index is 13.6. The number of pyridine rings is 1. The van der Waals surface area contributed by atoms with Crippen molar-refractivity contribution in [2.45, 2.75) is 13.8 Å². The monoisotopic (exact) mass is 375 g/mol. The van der Waals surface area contributed by atoms with E-state index in [1.165, 1.54) is 0 Å². The van der Waals surface area contributed by atoms with Gasteiger partial charge in [-0.2, -0.15) is 0 Å². The first-order chi connectivity index (χ1) is 13.5. The van der Waals surface area contributed by atoms with Crippen LogP contribution >= 0.6 is 0 Å². The minimum Gasteiger partial charge on any atom is -0.508 e. The third kappa shape index (κ3) is 2.59. The molecule has 0 fully saturated rings. The van der Waals surface area contributed by atoms with Crippen LogP contribution in [0.2, 0.25) is 0 Å². The molecule has 0 spiro atoms. The molecule has 0 unspecified atom stereocenters. The topological polar surface area (TPSA) is 60.7 Å². The highest BCUT2D eigenvalue weighted by atomic mass is 16.5. The summed E-state index contributed by atoms with van der Waals surface area (Å²) in [7, 11) is 3.11. The molecule has 5 nitrogen and oxygen atoms in total. The average molecular weight is 375 g/mol. The van der Waals surface area contributed by atoms with Crippen molar-refractivity contribution in [1.82, 2.24) is 4.57 Å². The van der Waals surface area contributed by atoms with E-state index in [-0.39, 0.29) is 11.3 Å². The normalized spacial score (nSPS) is 11.1. The number of phenols is 1. The number of hydrogen-bond donors (Lipinski definition) is 1. The van der Waals surface area contributed by atoms with Gasteiger partial charge in [-0.15, -0.1) is 0 Å². The molecule has 0 aliphatic heterocycles. The van der Waals surface area contributed by atoms with E-state index in [1.54, 1.807) is 37.0 Å². The van der Waals surface area contributed by atoms with Crippen LogP contribution < -0.4 is 15.0 Å². The van der Waals surface area contributed by atoms with Gasteiger partial charge in [0.2, 0.25) is 0 Å². The number of para-hydroxylation sites is 1. The lowest BCUT2D eigenvalue weighted by atomic mass is 10.0. The first-order valence-electron chi connectivity index (χ1n) is 8.96. The van der Waals surface area contributed by atoms with E-state index >= 15 is 0 Å². The summed E-state index contributed by atoms with van der Waals surface area (Å²) in [4.78, 5) is 13.6. The minimum absolute atomic E-state index is 0.103. The zero-order valence-corrected chi connectivity index (χ0v) is 16.2. The third-order valence-corrected chi connectivity index (χ3v) is 5.13. The molecule has 1 aromatic heterocycles. The summed E-state index contributed by atoms with van der Waals surface area (Å²) in [6.45, 7) is 3.95. The Hall–Kier alpha value is -3.47. The smallest absolute Gasteiger partial charge is 0.263 e. The largest absolute Gasteiger partial charge is 0.508 e. The Balaban J connectivity index is 2.28. The lowest BCUT2D eigenvalue weighted by Gasteiger charge is -2.18. The maximum absolute atomic E-state index is 13.6. The molecule has 0 atom stereocenters.